The monoisotopic (exact) mass is 271 g/mol. The summed E-state index contributed by atoms with van der Waals surface area (Å²) < 4.78 is 28.4. The number of nitrogen functional groups attached to an aromatic ring is 1. The van der Waals surface area contributed by atoms with Crippen molar-refractivity contribution >= 4 is 21.5 Å². The van der Waals surface area contributed by atoms with Gasteiger partial charge in [-0.3, -0.25) is 0 Å². The van der Waals surface area contributed by atoms with Crippen molar-refractivity contribution in [2.45, 2.75) is 24.9 Å². The molecule has 0 fully saturated rings. The first-order valence-electron chi connectivity index (χ1n) is 5.47. The van der Waals surface area contributed by atoms with Crippen LogP contribution in [0.4, 0.5) is 5.69 Å². The molecule has 0 radical (unpaired) electrons. The number of nitrogens with two attached hydrogens (primary N) is 1. The number of carbonyl (C=O) groups excluding carboxylic acids is 1. The van der Waals surface area contributed by atoms with Crippen LogP contribution in [0, 0.1) is 0 Å². The number of carbonyl (C=O) groups is 1. The van der Waals surface area contributed by atoms with E-state index in [0.717, 1.165) is 0 Å². The highest BCUT2D eigenvalue weighted by molar-refractivity contribution is 7.91. The van der Waals surface area contributed by atoms with Gasteiger partial charge in [-0.05, 0) is 25.5 Å². The lowest BCUT2D eigenvalue weighted by Gasteiger charge is -2.12. The van der Waals surface area contributed by atoms with Crippen LogP contribution in [0.15, 0.2) is 18.2 Å². The van der Waals surface area contributed by atoms with Gasteiger partial charge >= 0.3 is 5.97 Å². The van der Waals surface area contributed by atoms with Gasteiger partial charge in [0.25, 0.3) is 0 Å². The van der Waals surface area contributed by atoms with Gasteiger partial charge in [0.05, 0.1) is 23.7 Å². The van der Waals surface area contributed by atoms with E-state index >= 15 is 0 Å². The molecule has 0 heterocycles. The molecule has 5 nitrogen and oxygen atoms in total. The first-order valence-corrected chi connectivity index (χ1v) is 7.18. The highest BCUT2D eigenvalue weighted by Gasteiger charge is 2.22. The maximum Gasteiger partial charge on any atom is 0.340 e. The van der Waals surface area contributed by atoms with Crippen LogP contribution in [-0.2, 0) is 20.3 Å². The van der Waals surface area contributed by atoms with Crippen molar-refractivity contribution in [1.29, 1.82) is 0 Å². The number of rotatable bonds is 4. The maximum atomic E-state index is 11.9. The summed E-state index contributed by atoms with van der Waals surface area (Å²) in [6, 6.07) is 4.73. The van der Waals surface area contributed by atoms with Gasteiger partial charge in [0.15, 0.2) is 9.84 Å². The summed E-state index contributed by atoms with van der Waals surface area (Å²) in [4.78, 5) is 11.6. The van der Waals surface area contributed by atoms with E-state index < -0.39 is 21.1 Å². The second-order valence-electron chi connectivity index (χ2n) is 4.23. The van der Waals surface area contributed by atoms with E-state index in [0.29, 0.717) is 5.56 Å². The van der Waals surface area contributed by atoms with Gasteiger partial charge in [0.2, 0.25) is 0 Å². The minimum Gasteiger partial charge on any atom is -0.465 e. The molecular formula is C12H17NO4S. The van der Waals surface area contributed by atoms with Crippen molar-refractivity contribution in [1.82, 2.24) is 0 Å². The molecule has 1 aromatic rings. The molecule has 0 aromatic heterocycles. The molecular weight excluding hydrogens is 254 g/mol. The lowest BCUT2D eigenvalue weighted by atomic mass is 10.1. The van der Waals surface area contributed by atoms with Gasteiger partial charge in [-0.25, -0.2) is 13.2 Å². The van der Waals surface area contributed by atoms with E-state index in [1.165, 1.54) is 13.2 Å². The van der Waals surface area contributed by atoms with Crippen LogP contribution >= 0.6 is 0 Å². The molecule has 18 heavy (non-hydrogen) atoms. The number of benzene rings is 1. The average Bonchev–Trinajstić information content (AvgIpc) is 2.27. The molecule has 0 amide bonds. The topological polar surface area (TPSA) is 86.5 Å². The Morgan fingerprint density at radius 3 is 2.50 bits per heavy atom. The second kappa shape index (κ2) is 5.39. The van der Waals surface area contributed by atoms with Crippen molar-refractivity contribution in [2.75, 3.05) is 12.8 Å². The number of methoxy groups -OCH3 is 1. The smallest absolute Gasteiger partial charge is 0.340 e. The van der Waals surface area contributed by atoms with Crippen LogP contribution in [0.3, 0.4) is 0 Å². The van der Waals surface area contributed by atoms with Crippen LogP contribution in [-0.4, -0.2) is 26.7 Å². The Bertz CT molecular complexity index is 549. The number of hydrogen-bond donors (Lipinski definition) is 1. The molecule has 0 saturated carbocycles. The van der Waals surface area contributed by atoms with Crippen LogP contribution < -0.4 is 5.73 Å². The van der Waals surface area contributed by atoms with Gasteiger partial charge in [0.1, 0.15) is 0 Å². The Morgan fingerprint density at radius 1 is 1.39 bits per heavy atom. The summed E-state index contributed by atoms with van der Waals surface area (Å²) in [5.41, 5.74) is 6.42. The van der Waals surface area contributed by atoms with Gasteiger partial charge in [0, 0.05) is 5.69 Å². The van der Waals surface area contributed by atoms with Crippen LogP contribution in [0.2, 0.25) is 0 Å². The van der Waals surface area contributed by atoms with Crippen molar-refractivity contribution in [2.24, 2.45) is 0 Å². The zero-order valence-corrected chi connectivity index (χ0v) is 11.5. The molecule has 0 aliphatic carbocycles. The third kappa shape index (κ3) is 3.01. The summed E-state index contributed by atoms with van der Waals surface area (Å²) >= 11 is 0. The Labute approximate surface area is 107 Å². The maximum absolute atomic E-state index is 11.9. The van der Waals surface area contributed by atoms with E-state index in [1.807, 2.05) is 0 Å². The number of hydrogen-bond acceptors (Lipinski definition) is 5. The molecule has 0 aliphatic rings. The lowest BCUT2D eigenvalue weighted by Crippen LogP contribution is -2.19. The summed E-state index contributed by atoms with van der Waals surface area (Å²) in [6.45, 7) is 3.19. The minimum absolute atomic E-state index is 0.129. The van der Waals surface area contributed by atoms with Crippen molar-refractivity contribution in [3.63, 3.8) is 0 Å². The number of anilines is 1. The molecule has 100 valence electrons. The molecule has 0 aliphatic heterocycles. The Balaban J connectivity index is 3.26. The normalized spacial score (nSPS) is 11.6. The Hall–Kier alpha value is -1.56. The molecule has 0 saturated heterocycles. The summed E-state index contributed by atoms with van der Waals surface area (Å²) in [5, 5.41) is -0.510. The predicted octanol–water partition coefficient (Wildman–Crippen LogP) is 1.38. The highest BCUT2D eigenvalue weighted by Crippen LogP contribution is 2.21. The summed E-state index contributed by atoms with van der Waals surface area (Å²) in [6.07, 6.45) is 0. The van der Waals surface area contributed by atoms with Crippen molar-refractivity contribution in [3.05, 3.63) is 29.3 Å². The molecule has 1 aromatic carbocycles. The standard InChI is InChI=1S/C12H17NO4S/c1-8(2)18(15,16)7-9-5-4-6-10(13)11(9)12(14)17-3/h4-6,8H,7,13H2,1-3H3. The van der Waals surface area contributed by atoms with Gasteiger partial charge in [-0.1, -0.05) is 12.1 Å². The second-order valence-corrected chi connectivity index (χ2v) is 6.79. The zero-order chi connectivity index (χ0) is 13.9. The van der Waals surface area contributed by atoms with Crippen LogP contribution in [0.25, 0.3) is 0 Å². The number of ether oxygens (including phenoxy) is 1. The lowest BCUT2D eigenvalue weighted by molar-refractivity contribution is 0.0601. The van der Waals surface area contributed by atoms with E-state index in [4.69, 9.17) is 5.73 Å². The van der Waals surface area contributed by atoms with E-state index in [2.05, 4.69) is 4.74 Å². The molecule has 0 spiro atoms. The van der Waals surface area contributed by atoms with Crippen molar-refractivity contribution in [3.8, 4) is 0 Å². The fourth-order valence-electron chi connectivity index (χ4n) is 1.47. The third-order valence-electron chi connectivity index (χ3n) is 2.65. The SMILES string of the molecule is COC(=O)c1c(N)cccc1CS(=O)(=O)C(C)C. The van der Waals surface area contributed by atoms with E-state index in [9.17, 15) is 13.2 Å². The first kappa shape index (κ1) is 14.5. The number of sulfone groups is 1. The molecule has 0 atom stereocenters. The zero-order valence-electron chi connectivity index (χ0n) is 10.6. The van der Waals surface area contributed by atoms with E-state index in [1.54, 1.807) is 26.0 Å². The molecule has 2 N–H and O–H groups in total. The van der Waals surface area contributed by atoms with Crippen molar-refractivity contribution < 1.29 is 17.9 Å². The number of esters is 1. The minimum atomic E-state index is -3.30. The average molecular weight is 271 g/mol. The molecule has 0 unspecified atom stereocenters. The Kier molecular flexibility index (Phi) is 4.34. The first-order chi connectivity index (χ1) is 8.29. The summed E-state index contributed by atoms with van der Waals surface area (Å²) in [5.74, 6) is -0.845. The predicted molar refractivity (Wildman–Crippen MR) is 70.0 cm³/mol. The van der Waals surface area contributed by atoms with Crippen LogP contribution in [0.5, 0.6) is 0 Å². The highest BCUT2D eigenvalue weighted by atomic mass is 32.2. The molecule has 6 heteroatoms. The van der Waals surface area contributed by atoms with Gasteiger partial charge in [-0.2, -0.15) is 0 Å². The molecule has 1 rings (SSSR count). The third-order valence-corrected chi connectivity index (χ3v) is 4.80. The van der Waals surface area contributed by atoms with E-state index in [-0.39, 0.29) is 17.0 Å². The van der Waals surface area contributed by atoms with Crippen LogP contribution in [0.1, 0.15) is 29.8 Å². The summed E-state index contributed by atoms with van der Waals surface area (Å²) in [7, 11) is -2.06. The largest absolute Gasteiger partial charge is 0.465 e. The van der Waals surface area contributed by atoms with Gasteiger partial charge in [-0.15, -0.1) is 0 Å². The fraction of sp³-hybridized carbons (Fsp3) is 0.417. The fourth-order valence-corrected chi connectivity index (χ4v) is 2.48. The van der Waals surface area contributed by atoms with Gasteiger partial charge < -0.3 is 10.5 Å². The quantitative estimate of drug-likeness (QED) is 0.660. The Morgan fingerprint density at radius 2 is 2.00 bits per heavy atom. The molecule has 0 bridgehead atoms.